The Hall–Kier alpha value is -0.840. The van der Waals surface area contributed by atoms with E-state index < -0.39 is 0 Å². The van der Waals surface area contributed by atoms with Gasteiger partial charge in [0.1, 0.15) is 0 Å². The van der Waals surface area contributed by atoms with Crippen LogP contribution in [0, 0.1) is 0 Å². The third-order valence-electron chi connectivity index (χ3n) is 3.54. The zero-order valence-corrected chi connectivity index (χ0v) is 13.8. The summed E-state index contributed by atoms with van der Waals surface area (Å²) in [6.45, 7) is 0.796. The van der Waals surface area contributed by atoms with E-state index in [0.29, 0.717) is 10.6 Å². The molecule has 3 rings (SSSR count). The Bertz CT molecular complexity index is 629. The number of likely N-dealkylation sites (tertiary alicyclic amines) is 1. The van der Waals surface area contributed by atoms with E-state index in [1.54, 1.807) is 23.5 Å². The molecule has 1 aliphatic rings. The highest BCUT2D eigenvalue weighted by Crippen LogP contribution is 2.36. The molecule has 0 N–H and O–H groups in total. The molecule has 0 saturated carbocycles. The number of benzene rings is 1. The van der Waals surface area contributed by atoms with Gasteiger partial charge in [0.2, 0.25) is 0 Å². The third-order valence-corrected chi connectivity index (χ3v) is 5.34. The topological polar surface area (TPSA) is 20.3 Å². The molecule has 104 valence electrons. The van der Waals surface area contributed by atoms with Gasteiger partial charge in [-0.15, -0.1) is 11.3 Å². The lowest BCUT2D eigenvalue weighted by atomic mass is 10.1. The lowest BCUT2D eigenvalue weighted by molar-refractivity contribution is 0.0738. The molecular formula is C15H13BrClNOS. The predicted molar refractivity (Wildman–Crippen MR) is 86.5 cm³/mol. The average molecular weight is 371 g/mol. The Morgan fingerprint density at radius 1 is 1.40 bits per heavy atom. The predicted octanol–water partition coefficient (Wildman–Crippen LogP) is 5.14. The van der Waals surface area contributed by atoms with Gasteiger partial charge in [0.25, 0.3) is 5.91 Å². The fraction of sp³-hybridized carbons (Fsp3) is 0.267. The number of hydrogen-bond donors (Lipinski definition) is 0. The zero-order valence-electron chi connectivity index (χ0n) is 10.7. The van der Waals surface area contributed by atoms with Crippen LogP contribution in [0.15, 0.2) is 40.2 Å². The van der Waals surface area contributed by atoms with Gasteiger partial charge in [-0.3, -0.25) is 4.79 Å². The van der Waals surface area contributed by atoms with Gasteiger partial charge >= 0.3 is 0 Å². The monoisotopic (exact) mass is 369 g/mol. The van der Waals surface area contributed by atoms with Crippen molar-refractivity contribution < 1.29 is 4.79 Å². The molecular weight excluding hydrogens is 358 g/mol. The van der Waals surface area contributed by atoms with Gasteiger partial charge in [-0.25, -0.2) is 0 Å². The Balaban J connectivity index is 1.91. The summed E-state index contributed by atoms with van der Waals surface area (Å²) >= 11 is 11.3. The second-order valence-corrected chi connectivity index (χ2v) is 7.10. The van der Waals surface area contributed by atoms with Crippen molar-refractivity contribution in [1.29, 1.82) is 0 Å². The third kappa shape index (κ3) is 2.65. The van der Waals surface area contributed by atoms with Gasteiger partial charge < -0.3 is 4.90 Å². The number of amides is 1. The zero-order chi connectivity index (χ0) is 14.1. The van der Waals surface area contributed by atoms with Crippen molar-refractivity contribution in [2.45, 2.75) is 18.9 Å². The van der Waals surface area contributed by atoms with Crippen molar-refractivity contribution in [2.75, 3.05) is 6.54 Å². The molecule has 1 aromatic heterocycles. The molecule has 2 aromatic rings. The number of carbonyl (C=O) groups is 1. The Morgan fingerprint density at radius 2 is 2.25 bits per heavy atom. The van der Waals surface area contributed by atoms with Crippen LogP contribution in [0.3, 0.4) is 0 Å². The van der Waals surface area contributed by atoms with Gasteiger partial charge in [-0.2, -0.15) is 0 Å². The summed E-state index contributed by atoms with van der Waals surface area (Å²) in [5.41, 5.74) is 0.574. The summed E-state index contributed by atoms with van der Waals surface area (Å²) in [6, 6.07) is 9.73. The van der Waals surface area contributed by atoms with Gasteiger partial charge in [-0.05, 0) is 42.5 Å². The molecule has 0 bridgehead atoms. The van der Waals surface area contributed by atoms with Crippen LogP contribution >= 0.6 is 38.9 Å². The van der Waals surface area contributed by atoms with Crippen LogP contribution in [0.1, 0.15) is 34.1 Å². The molecule has 2 heterocycles. The first-order valence-electron chi connectivity index (χ1n) is 6.46. The number of carbonyl (C=O) groups excluding carboxylic acids is 1. The van der Waals surface area contributed by atoms with Crippen molar-refractivity contribution in [3.63, 3.8) is 0 Å². The smallest absolute Gasteiger partial charge is 0.255 e. The minimum atomic E-state index is 0.0206. The molecule has 2 nitrogen and oxygen atoms in total. The second kappa shape index (κ2) is 5.88. The number of hydrogen-bond acceptors (Lipinski definition) is 2. The van der Waals surface area contributed by atoms with Crippen molar-refractivity contribution in [1.82, 2.24) is 4.90 Å². The van der Waals surface area contributed by atoms with Crippen molar-refractivity contribution in [3.05, 3.63) is 55.6 Å². The lowest BCUT2D eigenvalue weighted by Crippen LogP contribution is -2.30. The van der Waals surface area contributed by atoms with Crippen molar-refractivity contribution >= 4 is 44.8 Å². The van der Waals surface area contributed by atoms with E-state index >= 15 is 0 Å². The summed E-state index contributed by atoms with van der Waals surface area (Å²) in [5.74, 6) is 0.0206. The summed E-state index contributed by atoms with van der Waals surface area (Å²) in [5, 5.41) is 2.57. The largest absolute Gasteiger partial charge is 0.331 e. The van der Waals surface area contributed by atoms with Crippen molar-refractivity contribution in [2.24, 2.45) is 0 Å². The summed E-state index contributed by atoms with van der Waals surface area (Å²) in [6.07, 6.45) is 2.07. The van der Waals surface area contributed by atoms with Crippen LogP contribution in [-0.2, 0) is 0 Å². The Kier molecular flexibility index (Phi) is 4.15. The van der Waals surface area contributed by atoms with Gasteiger partial charge in [0.05, 0.1) is 16.6 Å². The Labute approximate surface area is 135 Å². The normalized spacial score (nSPS) is 18.5. The van der Waals surface area contributed by atoms with Crippen LogP contribution in [0.2, 0.25) is 5.02 Å². The standard InChI is InChI=1S/C15H13BrClNOS/c16-10-5-6-12(17)11(9-10)15(19)18-7-1-3-13(18)14-4-2-8-20-14/h2,4-6,8-9,13H,1,3,7H2/t13-/m0/s1. The first kappa shape index (κ1) is 14.1. The highest BCUT2D eigenvalue weighted by atomic mass is 79.9. The molecule has 1 aliphatic heterocycles. The summed E-state index contributed by atoms with van der Waals surface area (Å²) in [7, 11) is 0. The lowest BCUT2D eigenvalue weighted by Gasteiger charge is -2.24. The van der Waals surface area contributed by atoms with E-state index in [-0.39, 0.29) is 11.9 Å². The van der Waals surface area contributed by atoms with E-state index in [9.17, 15) is 4.79 Å². The molecule has 1 fully saturated rings. The maximum atomic E-state index is 12.8. The van der Waals surface area contributed by atoms with Gasteiger partial charge in [0.15, 0.2) is 0 Å². The van der Waals surface area contributed by atoms with Crippen LogP contribution < -0.4 is 0 Å². The van der Waals surface area contributed by atoms with Crippen LogP contribution in [-0.4, -0.2) is 17.4 Å². The molecule has 1 aromatic carbocycles. The first-order valence-corrected chi connectivity index (χ1v) is 8.51. The number of thiophene rings is 1. The van der Waals surface area contributed by atoms with Crippen LogP contribution in [0.5, 0.6) is 0 Å². The molecule has 1 amide bonds. The second-order valence-electron chi connectivity index (χ2n) is 4.80. The maximum absolute atomic E-state index is 12.8. The van der Waals surface area contributed by atoms with E-state index in [2.05, 4.69) is 27.4 Å². The number of halogens is 2. The average Bonchev–Trinajstić information content (AvgIpc) is 3.10. The minimum absolute atomic E-state index is 0.0206. The molecule has 0 radical (unpaired) electrons. The van der Waals surface area contributed by atoms with Crippen LogP contribution in [0.4, 0.5) is 0 Å². The van der Waals surface area contributed by atoms with Crippen molar-refractivity contribution in [3.8, 4) is 0 Å². The van der Waals surface area contributed by atoms with E-state index in [4.69, 9.17) is 11.6 Å². The molecule has 0 aliphatic carbocycles. The SMILES string of the molecule is O=C(c1cc(Br)ccc1Cl)N1CCC[C@H]1c1cccs1. The van der Waals surface area contributed by atoms with Gasteiger partial charge in [0, 0.05) is 15.9 Å². The minimum Gasteiger partial charge on any atom is -0.331 e. The quantitative estimate of drug-likeness (QED) is 0.716. The molecule has 0 unspecified atom stereocenters. The van der Waals surface area contributed by atoms with E-state index in [0.717, 1.165) is 23.9 Å². The molecule has 5 heteroatoms. The van der Waals surface area contributed by atoms with E-state index in [1.165, 1.54) is 4.88 Å². The highest BCUT2D eigenvalue weighted by molar-refractivity contribution is 9.10. The molecule has 1 atom stereocenters. The molecule has 0 spiro atoms. The summed E-state index contributed by atoms with van der Waals surface area (Å²) < 4.78 is 0.872. The fourth-order valence-electron chi connectivity index (χ4n) is 2.60. The number of nitrogens with zero attached hydrogens (tertiary/aromatic N) is 1. The number of rotatable bonds is 2. The fourth-order valence-corrected chi connectivity index (χ4v) is 4.04. The highest BCUT2D eigenvalue weighted by Gasteiger charge is 2.32. The van der Waals surface area contributed by atoms with Gasteiger partial charge in [-0.1, -0.05) is 33.6 Å². The molecule has 20 heavy (non-hydrogen) atoms. The Morgan fingerprint density at radius 3 is 3.00 bits per heavy atom. The maximum Gasteiger partial charge on any atom is 0.255 e. The van der Waals surface area contributed by atoms with Crippen LogP contribution in [0.25, 0.3) is 0 Å². The first-order chi connectivity index (χ1) is 9.66. The molecule has 1 saturated heterocycles. The summed E-state index contributed by atoms with van der Waals surface area (Å²) in [4.78, 5) is 15.9. The van der Waals surface area contributed by atoms with E-state index in [1.807, 2.05) is 17.0 Å².